The maximum absolute atomic E-state index is 10.6. The number of fused-ring (bicyclic) bond motifs is 1. The molecule has 2 heterocycles. The van der Waals surface area contributed by atoms with Crippen molar-refractivity contribution >= 4 is 28.8 Å². The summed E-state index contributed by atoms with van der Waals surface area (Å²) in [6.45, 7) is 2.06. The molecule has 0 radical (unpaired) electrons. The van der Waals surface area contributed by atoms with Crippen molar-refractivity contribution in [3.63, 3.8) is 0 Å². The minimum atomic E-state index is 0.605. The van der Waals surface area contributed by atoms with Crippen molar-refractivity contribution in [1.82, 2.24) is 10.3 Å². The van der Waals surface area contributed by atoms with Crippen LogP contribution in [0.3, 0.4) is 0 Å². The standard InChI is InChI=1S/C13H16N4O2/c18-9-14-10-5-6-11(13-12(10)15-19-16-13)17-7-3-1-2-4-8-17/h5-6,9H,1-4,7-8H2,(H,14,18). The highest BCUT2D eigenvalue weighted by Gasteiger charge is 2.17. The first kappa shape index (κ1) is 12.0. The number of nitrogens with one attached hydrogen (secondary N) is 1. The number of carbonyl (C=O) groups is 1. The second-order valence-corrected chi connectivity index (χ2v) is 4.76. The van der Waals surface area contributed by atoms with Gasteiger partial charge in [0.1, 0.15) is 0 Å². The Morgan fingerprint density at radius 3 is 2.58 bits per heavy atom. The average Bonchev–Trinajstić information content (AvgIpc) is 2.76. The SMILES string of the molecule is O=CNc1ccc(N2CCCCCC2)c2nonc12. The van der Waals surface area contributed by atoms with Gasteiger partial charge >= 0.3 is 0 Å². The molecular formula is C13H16N4O2. The summed E-state index contributed by atoms with van der Waals surface area (Å²) in [6, 6.07) is 3.82. The molecule has 1 fully saturated rings. The molecule has 0 bridgehead atoms. The second-order valence-electron chi connectivity index (χ2n) is 4.76. The summed E-state index contributed by atoms with van der Waals surface area (Å²) in [5.74, 6) is 0. The van der Waals surface area contributed by atoms with Crippen molar-refractivity contribution in [3.8, 4) is 0 Å². The fourth-order valence-corrected chi connectivity index (χ4v) is 2.60. The fraction of sp³-hybridized carbons (Fsp3) is 0.462. The topological polar surface area (TPSA) is 71.3 Å². The summed E-state index contributed by atoms with van der Waals surface area (Å²) in [6.07, 6.45) is 5.58. The Balaban J connectivity index is 2.01. The molecule has 0 saturated carbocycles. The van der Waals surface area contributed by atoms with E-state index in [9.17, 15) is 4.79 Å². The Bertz CT molecular complexity index is 573. The molecule has 0 spiro atoms. The molecule has 0 unspecified atom stereocenters. The first-order valence-electron chi connectivity index (χ1n) is 6.60. The van der Waals surface area contributed by atoms with Crippen molar-refractivity contribution in [3.05, 3.63) is 12.1 Å². The lowest BCUT2D eigenvalue weighted by atomic mass is 10.2. The molecule has 6 heteroatoms. The van der Waals surface area contributed by atoms with Gasteiger partial charge in [-0.25, -0.2) is 4.63 Å². The smallest absolute Gasteiger partial charge is 0.211 e. The largest absolute Gasteiger partial charge is 0.370 e. The van der Waals surface area contributed by atoms with Crippen LogP contribution in [-0.4, -0.2) is 29.8 Å². The Morgan fingerprint density at radius 2 is 1.84 bits per heavy atom. The Labute approximate surface area is 110 Å². The first-order chi connectivity index (χ1) is 9.40. The van der Waals surface area contributed by atoms with Crippen LogP contribution in [0.2, 0.25) is 0 Å². The molecule has 1 aliphatic heterocycles. The van der Waals surface area contributed by atoms with Crippen LogP contribution in [0.5, 0.6) is 0 Å². The summed E-state index contributed by atoms with van der Waals surface area (Å²) in [5.41, 5.74) is 2.99. The molecule has 1 aromatic carbocycles. The minimum Gasteiger partial charge on any atom is -0.370 e. The zero-order valence-electron chi connectivity index (χ0n) is 10.6. The third kappa shape index (κ3) is 2.25. The van der Waals surface area contributed by atoms with Crippen LogP contribution in [0.25, 0.3) is 11.0 Å². The quantitative estimate of drug-likeness (QED) is 0.856. The maximum Gasteiger partial charge on any atom is 0.211 e. The van der Waals surface area contributed by atoms with Gasteiger partial charge in [-0.2, -0.15) is 0 Å². The normalized spacial score (nSPS) is 16.3. The molecule has 1 aromatic heterocycles. The molecule has 0 atom stereocenters. The van der Waals surface area contributed by atoms with Crippen LogP contribution in [0.15, 0.2) is 16.8 Å². The van der Waals surface area contributed by atoms with Crippen molar-refractivity contribution in [1.29, 1.82) is 0 Å². The zero-order chi connectivity index (χ0) is 13.1. The highest BCUT2D eigenvalue weighted by atomic mass is 16.6. The molecule has 1 amide bonds. The van der Waals surface area contributed by atoms with Gasteiger partial charge in [-0.05, 0) is 35.3 Å². The molecule has 2 aromatic rings. The van der Waals surface area contributed by atoms with Crippen LogP contribution in [0, 0.1) is 0 Å². The van der Waals surface area contributed by atoms with Crippen LogP contribution < -0.4 is 10.2 Å². The predicted octanol–water partition coefficient (Wildman–Crippen LogP) is 2.17. The molecule has 100 valence electrons. The molecule has 19 heavy (non-hydrogen) atoms. The number of anilines is 2. The van der Waals surface area contributed by atoms with E-state index in [0.29, 0.717) is 23.1 Å². The summed E-state index contributed by atoms with van der Waals surface area (Å²) >= 11 is 0. The van der Waals surface area contributed by atoms with Gasteiger partial charge < -0.3 is 10.2 Å². The minimum absolute atomic E-state index is 0.605. The van der Waals surface area contributed by atoms with E-state index in [0.717, 1.165) is 18.8 Å². The van der Waals surface area contributed by atoms with Gasteiger partial charge in [0.05, 0.1) is 11.4 Å². The maximum atomic E-state index is 10.6. The Hall–Kier alpha value is -2.11. The van der Waals surface area contributed by atoms with E-state index in [2.05, 4.69) is 20.5 Å². The zero-order valence-corrected chi connectivity index (χ0v) is 10.6. The van der Waals surface area contributed by atoms with Gasteiger partial charge in [0, 0.05) is 13.1 Å². The summed E-state index contributed by atoms with van der Waals surface area (Å²) in [7, 11) is 0. The van der Waals surface area contributed by atoms with Gasteiger partial charge in [-0.1, -0.05) is 12.8 Å². The second kappa shape index (κ2) is 5.26. The number of hydrogen-bond donors (Lipinski definition) is 1. The summed E-state index contributed by atoms with van der Waals surface area (Å²) in [5, 5.41) is 10.5. The highest BCUT2D eigenvalue weighted by molar-refractivity contribution is 5.98. The van der Waals surface area contributed by atoms with E-state index in [1.54, 1.807) is 0 Å². The molecule has 3 rings (SSSR count). The summed E-state index contributed by atoms with van der Waals surface area (Å²) in [4.78, 5) is 12.9. The fourth-order valence-electron chi connectivity index (χ4n) is 2.60. The van der Waals surface area contributed by atoms with Crippen molar-refractivity contribution in [2.45, 2.75) is 25.7 Å². The number of benzene rings is 1. The molecular weight excluding hydrogens is 244 g/mol. The molecule has 1 aliphatic rings. The van der Waals surface area contributed by atoms with Crippen molar-refractivity contribution < 1.29 is 9.42 Å². The number of nitrogens with zero attached hydrogens (tertiary/aromatic N) is 3. The van der Waals surface area contributed by atoms with Crippen LogP contribution in [0.4, 0.5) is 11.4 Å². The van der Waals surface area contributed by atoms with E-state index >= 15 is 0 Å². The van der Waals surface area contributed by atoms with E-state index in [-0.39, 0.29) is 0 Å². The van der Waals surface area contributed by atoms with E-state index in [4.69, 9.17) is 4.63 Å². The lowest BCUT2D eigenvalue weighted by Gasteiger charge is -2.22. The lowest BCUT2D eigenvalue weighted by molar-refractivity contribution is -0.105. The number of hydrogen-bond acceptors (Lipinski definition) is 5. The molecule has 6 nitrogen and oxygen atoms in total. The predicted molar refractivity (Wildman–Crippen MR) is 72.2 cm³/mol. The van der Waals surface area contributed by atoms with E-state index in [1.807, 2.05) is 12.1 Å². The molecule has 1 N–H and O–H groups in total. The number of carbonyl (C=O) groups excluding carboxylic acids is 1. The number of rotatable bonds is 3. The monoisotopic (exact) mass is 260 g/mol. The van der Waals surface area contributed by atoms with Gasteiger partial charge in [-0.15, -0.1) is 0 Å². The van der Waals surface area contributed by atoms with E-state index < -0.39 is 0 Å². The van der Waals surface area contributed by atoms with Gasteiger partial charge in [0.15, 0.2) is 11.0 Å². The first-order valence-corrected chi connectivity index (χ1v) is 6.60. The van der Waals surface area contributed by atoms with Crippen LogP contribution in [0.1, 0.15) is 25.7 Å². The highest BCUT2D eigenvalue weighted by Crippen LogP contribution is 2.31. The third-order valence-electron chi connectivity index (χ3n) is 3.56. The van der Waals surface area contributed by atoms with E-state index in [1.165, 1.54) is 25.7 Å². The van der Waals surface area contributed by atoms with Gasteiger partial charge in [-0.3, -0.25) is 4.79 Å². The molecule has 1 saturated heterocycles. The number of aromatic nitrogens is 2. The number of amides is 1. The summed E-state index contributed by atoms with van der Waals surface area (Å²) < 4.78 is 4.83. The average molecular weight is 260 g/mol. The van der Waals surface area contributed by atoms with Gasteiger partial charge in [0.25, 0.3) is 0 Å². The van der Waals surface area contributed by atoms with Crippen LogP contribution >= 0.6 is 0 Å². The lowest BCUT2D eigenvalue weighted by Crippen LogP contribution is -2.24. The van der Waals surface area contributed by atoms with Gasteiger partial charge in [0.2, 0.25) is 6.41 Å². The Kier molecular flexibility index (Phi) is 3.31. The van der Waals surface area contributed by atoms with Crippen LogP contribution in [-0.2, 0) is 4.79 Å². The molecule has 0 aliphatic carbocycles. The Morgan fingerprint density at radius 1 is 1.11 bits per heavy atom. The van der Waals surface area contributed by atoms with Crippen molar-refractivity contribution in [2.24, 2.45) is 0 Å². The van der Waals surface area contributed by atoms with Crippen molar-refractivity contribution in [2.75, 3.05) is 23.3 Å². The third-order valence-corrected chi connectivity index (χ3v) is 3.56.